The van der Waals surface area contributed by atoms with Crippen molar-refractivity contribution in [1.82, 2.24) is 14.5 Å². The Kier molecular flexibility index (Phi) is 3.18. The average molecular weight is 290 g/mol. The number of fused-ring (bicyclic) bond motifs is 1. The van der Waals surface area contributed by atoms with E-state index in [1.165, 1.54) is 6.07 Å². The molecule has 0 saturated carbocycles. The van der Waals surface area contributed by atoms with Crippen molar-refractivity contribution in [3.05, 3.63) is 53.7 Å². The van der Waals surface area contributed by atoms with Crippen molar-refractivity contribution in [3.8, 4) is 5.69 Å². The van der Waals surface area contributed by atoms with Crippen LogP contribution in [0.2, 0.25) is 0 Å². The molecule has 1 atom stereocenters. The highest BCUT2D eigenvalue weighted by atomic mass is 35.5. The molecule has 20 heavy (non-hydrogen) atoms. The zero-order valence-corrected chi connectivity index (χ0v) is 11.9. The van der Waals surface area contributed by atoms with Crippen LogP contribution < -0.4 is 0 Å². The molecule has 0 fully saturated rings. The van der Waals surface area contributed by atoms with Gasteiger partial charge in [0.1, 0.15) is 17.2 Å². The molecule has 0 aliphatic rings. The molecule has 2 heterocycles. The molecule has 0 saturated heterocycles. The Balaban J connectivity index is 2.42. The smallest absolute Gasteiger partial charge is 0.165 e. The summed E-state index contributed by atoms with van der Waals surface area (Å²) in [5, 5.41) is -0.344. The molecule has 3 rings (SSSR count). The van der Waals surface area contributed by atoms with Gasteiger partial charge >= 0.3 is 0 Å². The molecule has 1 unspecified atom stereocenters. The van der Waals surface area contributed by atoms with Crippen LogP contribution in [-0.4, -0.2) is 14.5 Å². The second kappa shape index (κ2) is 4.87. The van der Waals surface area contributed by atoms with E-state index in [4.69, 9.17) is 11.6 Å². The maximum atomic E-state index is 14.1. The minimum Gasteiger partial charge on any atom is -0.276 e. The van der Waals surface area contributed by atoms with Gasteiger partial charge in [0.15, 0.2) is 5.65 Å². The lowest BCUT2D eigenvalue weighted by Gasteiger charge is -2.10. The van der Waals surface area contributed by atoms with Gasteiger partial charge in [0, 0.05) is 6.20 Å². The fourth-order valence-electron chi connectivity index (χ4n) is 2.25. The average Bonchev–Trinajstić information content (AvgIpc) is 2.80. The van der Waals surface area contributed by atoms with Crippen molar-refractivity contribution in [2.24, 2.45) is 0 Å². The lowest BCUT2D eigenvalue weighted by molar-refractivity contribution is 0.616. The lowest BCUT2D eigenvalue weighted by atomic mass is 10.2. The molecule has 2 aromatic heterocycles. The quantitative estimate of drug-likeness (QED) is 0.663. The molecule has 0 amide bonds. The van der Waals surface area contributed by atoms with Gasteiger partial charge in [-0.25, -0.2) is 14.4 Å². The molecule has 5 heteroatoms. The van der Waals surface area contributed by atoms with E-state index >= 15 is 0 Å². The molecular formula is C15H13ClFN3. The lowest BCUT2D eigenvalue weighted by Crippen LogP contribution is -2.04. The highest BCUT2D eigenvalue weighted by molar-refractivity contribution is 6.20. The fraction of sp³-hybridized carbons (Fsp3) is 0.200. The van der Waals surface area contributed by atoms with Crippen molar-refractivity contribution in [1.29, 1.82) is 0 Å². The number of para-hydroxylation sites is 1. The van der Waals surface area contributed by atoms with Crippen LogP contribution in [0.15, 0.2) is 36.5 Å². The van der Waals surface area contributed by atoms with Gasteiger partial charge < -0.3 is 0 Å². The van der Waals surface area contributed by atoms with Crippen molar-refractivity contribution < 1.29 is 4.39 Å². The Morgan fingerprint density at radius 3 is 2.70 bits per heavy atom. The normalized spacial score (nSPS) is 12.8. The van der Waals surface area contributed by atoms with E-state index in [2.05, 4.69) is 9.97 Å². The Hall–Kier alpha value is -1.94. The van der Waals surface area contributed by atoms with Gasteiger partial charge in [-0.3, -0.25) is 4.57 Å². The maximum absolute atomic E-state index is 14.1. The number of hydrogen-bond donors (Lipinski definition) is 0. The Morgan fingerprint density at radius 2 is 2.00 bits per heavy atom. The number of benzene rings is 1. The molecule has 0 aliphatic heterocycles. The van der Waals surface area contributed by atoms with Crippen LogP contribution in [0.3, 0.4) is 0 Å². The van der Waals surface area contributed by atoms with E-state index in [-0.39, 0.29) is 11.2 Å². The summed E-state index contributed by atoms with van der Waals surface area (Å²) in [4.78, 5) is 8.87. The van der Waals surface area contributed by atoms with Crippen LogP contribution in [0.5, 0.6) is 0 Å². The minimum atomic E-state index is -0.344. The molecule has 1 aromatic carbocycles. The standard InChI is InChI=1S/C15H13ClFN3/c1-9-7-8-18-15-13(9)19-14(10(2)16)20(15)12-6-4-3-5-11(12)17/h3-8,10H,1-2H3. The Labute approximate surface area is 121 Å². The predicted molar refractivity (Wildman–Crippen MR) is 77.8 cm³/mol. The zero-order chi connectivity index (χ0) is 14.3. The van der Waals surface area contributed by atoms with Gasteiger partial charge in [-0.05, 0) is 37.6 Å². The second-order valence-corrected chi connectivity index (χ2v) is 5.33. The van der Waals surface area contributed by atoms with Crippen LogP contribution in [0.1, 0.15) is 23.7 Å². The number of pyridine rings is 1. The van der Waals surface area contributed by atoms with E-state index in [9.17, 15) is 4.39 Å². The molecule has 0 N–H and O–H groups in total. The number of halogens is 2. The molecule has 0 bridgehead atoms. The third-order valence-corrected chi connectivity index (χ3v) is 3.42. The molecule has 3 aromatic rings. The summed E-state index contributed by atoms with van der Waals surface area (Å²) < 4.78 is 15.8. The first kappa shape index (κ1) is 13.1. The van der Waals surface area contributed by atoms with Gasteiger partial charge in [-0.15, -0.1) is 11.6 Å². The topological polar surface area (TPSA) is 30.7 Å². The number of aromatic nitrogens is 3. The maximum Gasteiger partial charge on any atom is 0.165 e. The van der Waals surface area contributed by atoms with Crippen LogP contribution in [0.25, 0.3) is 16.9 Å². The van der Waals surface area contributed by atoms with E-state index in [1.54, 1.807) is 29.0 Å². The molecule has 0 aliphatic carbocycles. The number of aryl methyl sites for hydroxylation is 1. The summed E-state index contributed by atoms with van der Waals surface area (Å²) in [5.41, 5.74) is 2.77. The number of nitrogens with zero attached hydrogens (tertiary/aromatic N) is 3. The molecule has 102 valence electrons. The van der Waals surface area contributed by atoms with Crippen molar-refractivity contribution in [2.45, 2.75) is 19.2 Å². The number of rotatable bonds is 2. The number of imidazole rings is 1. The van der Waals surface area contributed by atoms with Crippen molar-refractivity contribution in [3.63, 3.8) is 0 Å². The summed E-state index contributed by atoms with van der Waals surface area (Å²) in [6.07, 6.45) is 1.69. The summed E-state index contributed by atoms with van der Waals surface area (Å²) in [5.74, 6) is 0.266. The first-order valence-corrected chi connectivity index (χ1v) is 6.76. The SMILES string of the molecule is Cc1ccnc2c1nc(C(C)Cl)n2-c1ccccc1F. The number of alkyl halides is 1. The van der Waals surface area contributed by atoms with E-state index in [0.29, 0.717) is 17.2 Å². The zero-order valence-electron chi connectivity index (χ0n) is 11.1. The van der Waals surface area contributed by atoms with Crippen LogP contribution in [-0.2, 0) is 0 Å². The third kappa shape index (κ3) is 1.96. The molecule has 0 spiro atoms. The summed E-state index contributed by atoms with van der Waals surface area (Å²) in [7, 11) is 0. The minimum absolute atomic E-state index is 0.325. The van der Waals surface area contributed by atoms with Gasteiger partial charge in [-0.2, -0.15) is 0 Å². The van der Waals surface area contributed by atoms with E-state index < -0.39 is 0 Å². The van der Waals surface area contributed by atoms with E-state index in [1.807, 2.05) is 19.9 Å². The predicted octanol–water partition coefficient (Wildman–Crippen LogP) is 4.17. The van der Waals surface area contributed by atoms with Gasteiger partial charge in [0.2, 0.25) is 0 Å². The molecule has 0 radical (unpaired) electrons. The molecular weight excluding hydrogens is 277 g/mol. The number of hydrogen-bond acceptors (Lipinski definition) is 2. The third-order valence-electron chi connectivity index (χ3n) is 3.22. The van der Waals surface area contributed by atoms with Gasteiger partial charge in [0.25, 0.3) is 0 Å². The Morgan fingerprint density at radius 1 is 1.25 bits per heavy atom. The molecule has 3 nitrogen and oxygen atoms in total. The second-order valence-electron chi connectivity index (χ2n) is 4.67. The largest absolute Gasteiger partial charge is 0.276 e. The summed E-state index contributed by atoms with van der Waals surface area (Å²) in [6, 6.07) is 8.43. The summed E-state index contributed by atoms with van der Waals surface area (Å²) >= 11 is 6.20. The van der Waals surface area contributed by atoms with Crippen LogP contribution >= 0.6 is 11.6 Å². The van der Waals surface area contributed by atoms with E-state index in [0.717, 1.165) is 11.1 Å². The fourth-order valence-corrected chi connectivity index (χ4v) is 2.39. The monoisotopic (exact) mass is 289 g/mol. The first-order chi connectivity index (χ1) is 9.59. The van der Waals surface area contributed by atoms with Gasteiger partial charge in [0.05, 0.1) is 11.1 Å². The van der Waals surface area contributed by atoms with Crippen molar-refractivity contribution >= 4 is 22.8 Å². The van der Waals surface area contributed by atoms with Gasteiger partial charge in [-0.1, -0.05) is 12.1 Å². The van der Waals surface area contributed by atoms with Crippen molar-refractivity contribution in [2.75, 3.05) is 0 Å². The summed E-state index contributed by atoms with van der Waals surface area (Å²) in [6.45, 7) is 3.76. The first-order valence-electron chi connectivity index (χ1n) is 6.32. The van der Waals surface area contributed by atoms with Crippen LogP contribution in [0, 0.1) is 12.7 Å². The highest BCUT2D eigenvalue weighted by Gasteiger charge is 2.20. The highest BCUT2D eigenvalue weighted by Crippen LogP contribution is 2.29. The Bertz CT molecular complexity index is 780. The van der Waals surface area contributed by atoms with Crippen LogP contribution in [0.4, 0.5) is 4.39 Å².